The molecule has 0 fully saturated rings. The standard InChI is InChI=1S/C26H27F3N2O7S/c1-5-16-14(2)18-13-38-23(33)20(18)21(30-3)17(16)11-12-19(26(27,28)29)22(32)25(24(34)35,31-39(4,36)37)15-9-7-6-8-10-15/h5-10,12,22,30-32H,1,11,13H2,2-4H3,(H,34,35)/b19-12-. The Bertz CT molecular complexity index is 1450. The maximum Gasteiger partial charge on any atom is 0.414 e. The van der Waals surface area contributed by atoms with Crippen LogP contribution in [0.5, 0.6) is 0 Å². The maximum absolute atomic E-state index is 14.4. The third-order valence-corrected chi connectivity index (χ3v) is 7.20. The molecule has 0 bridgehead atoms. The van der Waals surface area contributed by atoms with Crippen molar-refractivity contribution in [1.82, 2.24) is 4.72 Å². The van der Waals surface area contributed by atoms with Crippen LogP contribution in [0.15, 0.2) is 48.6 Å². The van der Waals surface area contributed by atoms with Gasteiger partial charge in [-0.15, -0.1) is 0 Å². The molecule has 210 valence electrons. The number of carboxylic acid groups (broad SMARTS) is 1. The van der Waals surface area contributed by atoms with Crippen LogP contribution < -0.4 is 10.0 Å². The lowest BCUT2D eigenvalue weighted by atomic mass is 9.80. The van der Waals surface area contributed by atoms with Crippen LogP contribution in [-0.4, -0.2) is 56.2 Å². The molecule has 4 N–H and O–H groups in total. The number of fused-ring (bicyclic) bond motifs is 1. The first-order valence-corrected chi connectivity index (χ1v) is 13.4. The van der Waals surface area contributed by atoms with Crippen molar-refractivity contribution in [2.45, 2.75) is 37.8 Å². The monoisotopic (exact) mass is 568 g/mol. The number of carbonyl (C=O) groups excluding carboxylic acids is 1. The van der Waals surface area contributed by atoms with E-state index in [1.54, 1.807) is 11.6 Å². The highest BCUT2D eigenvalue weighted by molar-refractivity contribution is 7.88. The number of hydrogen-bond acceptors (Lipinski definition) is 7. The molecular formula is C26H27F3N2O7S. The number of alkyl halides is 3. The molecule has 0 amide bonds. The van der Waals surface area contributed by atoms with E-state index in [9.17, 15) is 41.4 Å². The van der Waals surface area contributed by atoms with Gasteiger partial charge in [0, 0.05) is 12.6 Å². The highest BCUT2D eigenvalue weighted by Gasteiger charge is 2.55. The molecule has 9 nitrogen and oxygen atoms in total. The Morgan fingerprint density at radius 1 is 1.26 bits per heavy atom. The Kier molecular flexibility index (Phi) is 8.29. The lowest BCUT2D eigenvalue weighted by Gasteiger charge is -2.36. The molecule has 0 spiro atoms. The lowest BCUT2D eigenvalue weighted by Crippen LogP contribution is -2.60. The molecule has 0 radical (unpaired) electrons. The molecule has 0 aliphatic carbocycles. The molecular weight excluding hydrogens is 541 g/mol. The Morgan fingerprint density at radius 3 is 2.36 bits per heavy atom. The summed E-state index contributed by atoms with van der Waals surface area (Å²) >= 11 is 0. The van der Waals surface area contributed by atoms with Crippen LogP contribution in [0.1, 0.15) is 38.2 Å². The van der Waals surface area contributed by atoms with Crippen LogP contribution in [0.25, 0.3) is 6.08 Å². The summed E-state index contributed by atoms with van der Waals surface area (Å²) in [6, 6.07) is 6.22. The molecule has 3 rings (SSSR count). The summed E-state index contributed by atoms with van der Waals surface area (Å²) in [5, 5.41) is 24.0. The first-order valence-electron chi connectivity index (χ1n) is 11.5. The smallest absolute Gasteiger partial charge is 0.414 e. The number of carbonyl (C=O) groups is 2. The Morgan fingerprint density at radius 2 is 1.87 bits per heavy atom. The van der Waals surface area contributed by atoms with Gasteiger partial charge in [0.15, 0.2) is 5.54 Å². The molecule has 1 aliphatic rings. The Balaban J connectivity index is 2.29. The van der Waals surface area contributed by atoms with Crippen molar-refractivity contribution >= 4 is 33.7 Å². The largest absolute Gasteiger partial charge is 0.480 e. The molecule has 0 saturated heterocycles. The summed E-state index contributed by atoms with van der Waals surface area (Å²) in [4.78, 5) is 24.9. The summed E-state index contributed by atoms with van der Waals surface area (Å²) in [7, 11) is -3.00. The predicted octanol–water partition coefficient (Wildman–Crippen LogP) is 3.27. The maximum atomic E-state index is 14.4. The summed E-state index contributed by atoms with van der Waals surface area (Å²) < 4.78 is 74.5. The van der Waals surface area contributed by atoms with Crippen molar-refractivity contribution in [2.75, 3.05) is 18.6 Å². The zero-order valence-corrected chi connectivity index (χ0v) is 22.0. The number of carboxylic acids is 1. The van der Waals surface area contributed by atoms with E-state index in [1.807, 2.05) is 0 Å². The molecule has 13 heteroatoms. The van der Waals surface area contributed by atoms with E-state index in [0.29, 0.717) is 29.0 Å². The third-order valence-electron chi connectivity index (χ3n) is 6.51. The number of nitrogens with one attached hydrogen (secondary N) is 2. The zero-order valence-electron chi connectivity index (χ0n) is 21.2. The van der Waals surface area contributed by atoms with Gasteiger partial charge in [-0.3, -0.25) is 0 Å². The van der Waals surface area contributed by atoms with Gasteiger partial charge >= 0.3 is 18.1 Å². The van der Waals surface area contributed by atoms with Crippen molar-refractivity contribution in [2.24, 2.45) is 0 Å². The molecule has 0 aromatic heterocycles. The Labute approximate surface area is 223 Å². The van der Waals surface area contributed by atoms with E-state index in [2.05, 4.69) is 11.9 Å². The van der Waals surface area contributed by atoms with Crippen LogP contribution in [0.3, 0.4) is 0 Å². The van der Waals surface area contributed by atoms with Gasteiger partial charge < -0.3 is 20.3 Å². The number of aliphatic carboxylic acids is 1. The third kappa shape index (κ3) is 5.56. The average Bonchev–Trinajstić information content (AvgIpc) is 3.23. The molecule has 39 heavy (non-hydrogen) atoms. The number of esters is 1. The highest BCUT2D eigenvalue weighted by atomic mass is 32.2. The van der Waals surface area contributed by atoms with Crippen LogP contribution in [0.2, 0.25) is 0 Å². The van der Waals surface area contributed by atoms with Crippen LogP contribution in [0, 0.1) is 6.92 Å². The minimum absolute atomic E-state index is 0.0203. The van der Waals surface area contributed by atoms with E-state index in [-0.39, 0.29) is 23.4 Å². The van der Waals surface area contributed by atoms with Crippen LogP contribution >= 0.6 is 0 Å². The number of anilines is 1. The minimum Gasteiger partial charge on any atom is -0.480 e. The lowest BCUT2D eigenvalue weighted by molar-refractivity contribution is -0.152. The number of ether oxygens (including phenoxy) is 1. The number of halogens is 3. The second kappa shape index (κ2) is 10.8. The minimum atomic E-state index is -5.28. The second-order valence-corrected chi connectivity index (χ2v) is 10.6. The number of cyclic esters (lactones) is 1. The number of allylic oxidation sites excluding steroid dienone is 1. The summed E-state index contributed by atoms with van der Waals surface area (Å²) in [6.45, 7) is 5.36. The Hall–Kier alpha value is -3.68. The summed E-state index contributed by atoms with van der Waals surface area (Å²) in [5.41, 5.74) is -3.16. The van der Waals surface area contributed by atoms with Crippen LogP contribution in [0.4, 0.5) is 18.9 Å². The molecule has 1 aliphatic heterocycles. The molecule has 0 saturated carbocycles. The normalized spacial score (nSPS) is 16.2. The fourth-order valence-corrected chi connectivity index (χ4v) is 5.67. The van der Waals surface area contributed by atoms with Gasteiger partial charge in [-0.05, 0) is 35.6 Å². The molecule has 2 aromatic rings. The van der Waals surface area contributed by atoms with E-state index in [4.69, 9.17) is 4.74 Å². The number of hydrogen-bond donors (Lipinski definition) is 4. The van der Waals surface area contributed by atoms with Crippen molar-refractivity contribution in [1.29, 1.82) is 0 Å². The van der Waals surface area contributed by atoms with Crippen molar-refractivity contribution in [3.63, 3.8) is 0 Å². The molecule has 2 aromatic carbocycles. The van der Waals surface area contributed by atoms with Gasteiger partial charge in [0.2, 0.25) is 10.0 Å². The number of rotatable bonds is 10. The van der Waals surface area contributed by atoms with Gasteiger partial charge in [0.1, 0.15) is 12.7 Å². The first kappa shape index (κ1) is 29.9. The zero-order chi connectivity index (χ0) is 29.3. The van der Waals surface area contributed by atoms with Gasteiger partial charge in [-0.25, -0.2) is 18.0 Å². The first-order chi connectivity index (χ1) is 18.1. The fourth-order valence-electron chi connectivity index (χ4n) is 4.77. The van der Waals surface area contributed by atoms with Gasteiger partial charge in [-0.2, -0.15) is 17.9 Å². The highest BCUT2D eigenvalue weighted by Crippen LogP contribution is 2.41. The SMILES string of the molecule is C=Cc1c(C)c2c(c(NC)c1C/C=C(/C(O)C(NS(C)(=O)=O)(C(=O)O)c1ccccc1)C(F)(F)F)C(=O)OC2. The van der Waals surface area contributed by atoms with Crippen LogP contribution in [-0.2, 0) is 38.1 Å². The quantitative estimate of drug-likeness (QED) is 0.253. The second-order valence-electron chi connectivity index (χ2n) is 8.89. The van der Waals surface area contributed by atoms with Crippen molar-refractivity contribution in [3.8, 4) is 0 Å². The van der Waals surface area contributed by atoms with Gasteiger partial charge in [0.25, 0.3) is 0 Å². The van der Waals surface area contributed by atoms with Crippen molar-refractivity contribution < 1.29 is 46.1 Å². The van der Waals surface area contributed by atoms with E-state index >= 15 is 0 Å². The predicted molar refractivity (Wildman–Crippen MR) is 138 cm³/mol. The summed E-state index contributed by atoms with van der Waals surface area (Å²) in [5.74, 6) is -2.72. The van der Waals surface area contributed by atoms with Gasteiger partial charge in [0.05, 0.1) is 23.1 Å². The van der Waals surface area contributed by atoms with E-state index in [1.165, 1.54) is 31.3 Å². The topological polar surface area (TPSA) is 142 Å². The summed E-state index contributed by atoms with van der Waals surface area (Å²) in [6.07, 6.45) is -6.19. The molecule has 2 atom stereocenters. The number of sulfonamides is 1. The van der Waals surface area contributed by atoms with Crippen molar-refractivity contribution in [3.05, 3.63) is 81.9 Å². The molecule has 2 unspecified atom stereocenters. The fraction of sp³-hybridized carbons (Fsp3) is 0.308. The number of aliphatic hydroxyl groups excluding tert-OH is 1. The van der Waals surface area contributed by atoms with E-state index < -0.39 is 57.3 Å². The average molecular weight is 569 g/mol. The number of aliphatic hydroxyl groups is 1. The molecule has 1 heterocycles. The van der Waals surface area contributed by atoms with E-state index in [0.717, 1.165) is 12.1 Å². The number of benzene rings is 2. The van der Waals surface area contributed by atoms with Gasteiger partial charge in [-0.1, -0.05) is 49.1 Å².